The molecule has 0 N–H and O–H groups in total. The Morgan fingerprint density at radius 1 is 1.14 bits per heavy atom. The Hall–Kier alpha value is -2.47. The molecular weight excluding hydrogens is 398 g/mol. The van der Waals surface area contributed by atoms with Gasteiger partial charge in [-0.05, 0) is 43.0 Å². The molecule has 1 aliphatic carbocycles. The molecule has 1 aromatic heterocycles. The Morgan fingerprint density at radius 2 is 1.79 bits per heavy atom. The van der Waals surface area contributed by atoms with E-state index in [-0.39, 0.29) is 5.92 Å². The summed E-state index contributed by atoms with van der Waals surface area (Å²) >= 11 is 6.02. The molecule has 3 aromatic rings. The summed E-state index contributed by atoms with van der Waals surface area (Å²) in [7, 11) is 1.35. The van der Waals surface area contributed by atoms with Gasteiger partial charge in [-0.2, -0.15) is 0 Å². The van der Waals surface area contributed by atoms with E-state index in [0.717, 1.165) is 44.2 Å². The number of carbonyl (C=O) groups is 1. The highest BCUT2D eigenvalue weighted by atomic mass is 35.5. The van der Waals surface area contributed by atoms with Crippen LogP contribution in [-0.2, 0) is 9.53 Å². The van der Waals surface area contributed by atoms with Gasteiger partial charge in [-0.1, -0.05) is 30.9 Å². The summed E-state index contributed by atoms with van der Waals surface area (Å²) in [6.07, 6.45) is 4.89. The summed E-state index contributed by atoms with van der Waals surface area (Å²) in [5.41, 5.74) is 1.37. The molecule has 1 atom stereocenters. The lowest BCUT2D eigenvalue weighted by Crippen LogP contribution is -2.30. The lowest BCUT2D eigenvalue weighted by Gasteiger charge is -2.30. The number of hydrogen-bond donors (Lipinski definition) is 0. The maximum atomic E-state index is 14.1. The van der Waals surface area contributed by atoms with E-state index >= 15 is 0 Å². The molecular formula is C22H21ClF2N2O2. The van der Waals surface area contributed by atoms with Gasteiger partial charge in [0.15, 0.2) is 11.6 Å². The molecule has 152 valence electrons. The fourth-order valence-electron chi connectivity index (χ4n) is 4.25. The number of halogens is 3. The average Bonchev–Trinajstić information content (AvgIpc) is 3.07. The van der Waals surface area contributed by atoms with Gasteiger partial charge in [0.1, 0.15) is 11.9 Å². The Balaban J connectivity index is 1.98. The van der Waals surface area contributed by atoms with Gasteiger partial charge < -0.3 is 9.30 Å². The summed E-state index contributed by atoms with van der Waals surface area (Å²) in [4.78, 5) is 17.4. The number of ether oxygens (including phenoxy) is 1. The van der Waals surface area contributed by atoms with Gasteiger partial charge in [0.05, 0.1) is 18.1 Å². The minimum absolute atomic E-state index is 0.0350. The highest BCUT2D eigenvalue weighted by Gasteiger charge is 2.35. The Kier molecular flexibility index (Phi) is 5.54. The Labute approximate surface area is 172 Å². The molecule has 0 amide bonds. The molecule has 0 bridgehead atoms. The highest BCUT2D eigenvalue weighted by Crippen LogP contribution is 2.39. The van der Waals surface area contributed by atoms with Crippen molar-refractivity contribution in [1.29, 1.82) is 0 Å². The van der Waals surface area contributed by atoms with Gasteiger partial charge in [0.2, 0.25) is 0 Å². The van der Waals surface area contributed by atoms with Gasteiger partial charge in [0.25, 0.3) is 0 Å². The zero-order valence-electron chi connectivity index (χ0n) is 16.0. The fraction of sp³-hybridized carbons (Fsp3) is 0.364. The fourth-order valence-corrected chi connectivity index (χ4v) is 4.38. The quantitative estimate of drug-likeness (QED) is 0.493. The molecule has 7 heteroatoms. The zero-order chi connectivity index (χ0) is 20.5. The first-order chi connectivity index (χ1) is 14.0. The summed E-state index contributed by atoms with van der Waals surface area (Å²) in [6, 6.07) is 8.50. The summed E-state index contributed by atoms with van der Waals surface area (Å²) in [5, 5.41) is 0.560. The lowest BCUT2D eigenvalue weighted by molar-refractivity contribution is -0.146. The van der Waals surface area contributed by atoms with Crippen molar-refractivity contribution in [2.45, 2.75) is 38.1 Å². The molecule has 0 unspecified atom stereocenters. The number of rotatable bonds is 4. The molecule has 29 heavy (non-hydrogen) atoms. The van der Waals surface area contributed by atoms with E-state index in [1.165, 1.54) is 7.11 Å². The smallest absolute Gasteiger partial charge is 0.329 e. The molecule has 4 nitrogen and oxygen atoms in total. The van der Waals surface area contributed by atoms with Gasteiger partial charge in [-0.15, -0.1) is 0 Å². The maximum absolute atomic E-state index is 14.1. The largest absolute Gasteiger partial charge is 0.467 e. The normalized spacial score (nSPS) is 16.1. The van der Waals surface area contributed by atoms with Crippen molar-refractivity contribution in [3.63, 3.8) is 0 Å². The molecule has 0 saturated heterocycles. The maximum Gasteiger partial charge on any atom is 0.329 e. The van der Waals surface area contributed by atoms with Crippen molar-refractivity contribution in [2.75, 3.05) is 7.11 Å². The second-order valence-electron chi connectivity index (χ2n) is 7.43. The lowest BCUT2D eigenvalue weighted by atomic mass is 9.83. The van der Waals surface area contributed by atoms with Crippen molar-refractivity contribution in [1.82, 2.24) is 9.55 Å². The van der Waals surface area contributed by atoms with Crippen LogP contribution in [0.4, 0.5) is 8.78 Å². The van der Waals surface area contributed by atoms with Crippen LogP contribution in [0.15, 0.2) is 36.4 Å². The first-order valence-electron chi connectivity index (χ1n) is 9.70. The van der Waals surface area contributed by atoms with Crippen molar-refractivity contribution in [3.8, 4) is 11.4 Å². The minimum atomic E-state index is -0.978. The second kappa shape index (κ2) is 8.11. The van der Waals surface area contributed by atoms with E-state index in [9.17, 15) is 13.6 Å². The zero-order valence-corrected chi connectivity index (χ0v) is 16.8. The Morgan fingerprint density at radius 3 is 2.45 bits per heavy atom. The number of carbonyl (C=O) groups excluding carboxylic acids is 1. The molecule has 4 rings (SSSR count). The predicted octanol–water partition coefficient (Wildman–Crippen LogP) is 5.93. The predicted molar refractivity (Wildman–Crippen MR) is 108 cm³/mol. The second-order valence-corrected chi connectivity index (χ2v) is 7.87. The number of fused-ring (bicyclic) bond motifs is 1. The van der Waals surface area contributed by atoms with Crippen molar-refractivity contribution < 1.29 is 18.3 Å². The van der Waals surface area contributed by atoms with Crippen molar-refractivity contribution in [3.05, 3.63) is 53.1 Å². The number of hydrogen-bond acceptors (Lipinski definition) is 3. The first-order valence-corrected chi connectivity index (χ1v) is 10.1. The molecule has 0 radical (unpaired) electrons. The molecule has 1 heterocycles. The van der Waals surface area contributed by atoms with Crippen LogP contribution in [0.5, 0.6) is 0 Å². The average molecular weight is 419 g/mol. The molecule has 1 aliphatic rings. The van der Waals surface area contributed by atoms with Gasteiger partial charge in [-0.3, -0.25) is 0 Å². The molecule has 2 aromatic carbocycles. The third-order valence-electron chi connectivity index (χ3n) is 5.65. The van der Waals surface area contributed by atoms with Gasteiger partial charge in [-0.25, -0.2) is 18.6 Å². The Bertz CT molecular complexity index is 1040. The van der Waals surface area contributed by atoms with Crippen LogP contribution in [0.25, 0.3) is 22.4 Å². The van der Waals surface area contributed by atoms with Crippen LogP contribution in [0.3, 0.4) is 0 Å². The van der Waals surface area contributed by atoms with E-state index in [4.69, 9.17) is 16.3 Å². The number of benzene rings is 2. The topological polar surface area (TPSA) is 44.1 Å². The number of imidazole rings is 1. The SMILES string of the molecule is COC(=O)[C@@H](C1CCCCC1)n1c(-c2ccc(Cl)cc2)nc2cc(F)c(F)cc21. The summed E-state index contributed by atoms with van der Waals surface area (Å²) < 4.78 is 34.9. The van der Waals surface area contributed by atoms with Crippen LogP contribution < -0.4 is 0 Å². The monoisotopic (exact) mass is 418 g/mol. The van der Waals surface area contributed by atoms with Crippen LogP contribution in [-0.4, -0.2) is 22.6 Å². The number of aromatic nitrogens is 2. The summed E-state index contributed by atoms with van der Waals surface area (Å²) in [5.74, 6) is -1.86. The third-order valence-corrected chi connectivity index (χ3v) is 5.90. The third kappa shape index (κ3) is 3.73. The van der Waals surface area contributed by atoms with E-state index in [0.29, 0.717) is 27.4 Å². The molecule has 0 aliphatic heterocycles. The van der Waals surface area contributed by atoms with E-state index in [1.54, 1.807) is 28.8 Å². The molecule has 0 spiro atoms. The van der Waals surface area contributed by atoms with Crippen LogP contribution >= 0.6 is 11.6 Å². The summed E-state index contributed by atoms with van der Waals surface area (Å²) in [6.45, 7) is 0. The highest BCUT2D eigenvalue weighted by molar-refractivity contribution is 6.30. The van der Waals surface area contributed by atoms with E-state index in [2.05, 4.69) is 4.98 Å². The molecule has 1 fully saturated rings. The van der Waals surface area contributed by atoms with Crippen molar-refractivity contribution >= 4 is 28.6 Å². The van der Waals surface area contributed by atoms with Crippen LogP contribution in [0.1, 0.15) is 38.1 Å². The van der Waals surface area contributed by atoms with Gasteiger partial charge in [0, 0.05) is 22.7 Å². The molecule has 1 saturated carbocycles. The van der Waals surface area contributed by atoms with Crippen LogP contribution in [0, 0.1) is 17.6 Å². The standard InChI is InChI=1S/C22H21ClF2N2O2/c1-29-22(28)20(13-5-3-2-4-6-13)27-19-12-17(25)16(24)11-18(19)26-21(27)14-7-9-15(23)10-8-14/h7-13,20H,2-6H2,1H3/t20-/m1/s1. The first kappa shape index (κ1) is 19.8. The van der Waals surface area contributed by atoms with Crippen LogP contribution in [0.2, 0.25) is 5.02 Å². The van der Waals surface area contributed by atoms with Crippen molar-refractivity contribution in [2.24, 2.45) is 5.92 Å². The number of esters is 1. The van der Waals surface area contributed by atoms with E-state index in [1.807, 2.05) is 0 Å². The number of methoxy groups -OCH3 is 1. The number of nitrogens with zero attached hydrogens (tertiary/aromatic N) is 2. The van der Waals surface area contributed by atoms with E-state index < -0.39 is 23.6 Å². The minimum Gasteiger partial charge on any atom is -0.467 e. The van der Waals surface area contributed by atoms with Gasteiger partial charge >= 0.3 is 5.97 Å².